The number of carbonyl (C=O) groups excluding carboxylic acids is 2. The van der Waals surface area contributed by atoms with Gasteiger partial charge in [0.15, 0.2) is 12.1 Å². The standard InChI is InChI=1S/C12H11F3O3/c1-3-18-11-8(6-16)4-9(12(13,14)15)5-10(11)7(2)17/h4-6H,3H2,1-2H3. The molecule has 1 rings (SSSR count). The third-order valence-corrected chi connectivity index (χ3v) is 2.24. The molecule has 0 amide bonds. The molecular formula is C12H11F3O3. The monoisotopic (exact) mass is 260 g/mol. The third-order valence-electron chi connectivity index (χ3n) is 2.24. The number of aldehydes is 1. The first-order chi connectivity index (χ1) is 8.31. The van der Waals surface area contributed by atoms with Gasteiger partial charge in [0, 0.05) is 0 Å². The van der Waals surface area contributed by atoms with E-state index in [1.165, 1.54) is 0 Å². The fraction of sp³-hybridized carbons (Fsp3) is 0.333. The van der Waals surface area contributed by atoms with Crippen molar-refractivity contribution >= 4 is 12.1 Å². The summed E-state index contributed by atoms with van der Waals surface area (Å²) in [5.74, 6) is -0.694. The first-order valence-corrected chi connectivity index (χ1v) is 5.15. The van der Waals surface area contributed by atoms with Crippen molar-refractivity contribution in [3.63, 3.8) is 0 Å². The molecule has 0 aliphatic heterocycles. The van der Waals surface area contributed by atoms with Gasteiger partial charge in [0.2, 0.25) is 0 Å². The summed E-state index contributed by atoms with van der Waals surface area (Å²) in [7, 11) is 0. The first kappa shape index (κ1) is 14.2. The van der Waals surface area contributed by atoms with E-state index >= 15 is 0 Å². The average Bonchev–Trinajstić information content (AvgIpc) is 2.27. The Kier molecular flexibility index (Phi) is 4.11. The summed E-state index contributed by atoms with van der Waals surface area (Å²) < 4.78 is 42.9. The van der Waals surface area contributed by atoms with Crippen LogP contribution in [-0.4, -0.2) is 18.7 Å². The number of ketones is 1. The van der Waals surface area contributed by atoms with Crippen molar-refractivity contribution in [2.75, 3.05) is 6.61 Å². The van der Waals surface area contributed by atoms with E-state index < -0.39 is 17.5 Å². The number of hydrogen-bond donors (Lipinski definition) is 0. The van der Waals surface area contributed by atoms with Gasteiger partial charge in [0.1, 0.15) is 5.75 Å². The fourth-order valence-corrected chi connectivity index (χ4v) is 1.47. The molecule has 0 atom stereocenters. The van der Waals surface area contributed by atoms with Crippen LogP contribution in [0.2, 0.25) is 0 Å². The van der Waals surface area contributed by atoms with Crippen LogP contribution >= 0.6 is 0 Å². The number of ether oxygens (including phenoxy) is 1. The highest BCUT2D eigenvalue weighted by Crippen LogP contribution is 2.34. The number of halogens is 3. The van der Waals surface area contributed by atoms with E-state index in [9.17, 15) is 22.8 Å². The second kappa shape index (κ2) is 5.20. The van der Waals surface area contributed by atoms with E-state index in [4.69, 9.17) is 4.74 Å². The SMILES string of the molecule is CCOc1c(C=O)cc(C(F)(F)F)cc1C(C)=O. The lowest BCUT2D eigenvalue weighted by atomic mass is 10.0. The van der Waals surface area contributed by atoms with Crippen molar-refractivity contribution in [3.05, 3.63) is 28.8 Å². The van der Waals surface area contributed by atoms with Crippen LogP contribution in [0.3, 0.4) is 0 Å². The van der Waals surface area contributed by atoms with E-state index in [1.54, 1.807) is 6.92 Å². The normalized spacial score (nSPS) is 11.2. The fourth-order valence-electron chi connectivity index (χ4n) is 1.47. The Labute approximate surface area is 102 Å². The van der Waals surface area contributed by atoms with Crippen LogP contribution in [0.4, 0.5) is 13.2 Å². The van der Waals surface area contributed by atoms with Crippen molar-refractivity contribution in [2.24, 2.45) is 0 Å². The van der Waals surface area contributed by atoms with Crippen LogP contribution in [-0.2, 0) is 6.18 Å². The minimum absolute atomic E-state index is 0.104. The minimum Gasteiger partial charge on any atom is -0.492 e. The Morgan fingerprint density at radius 1 is 1.39 bits per heavy atom. The molecule has 0 spiro atoms. The highest BCUT2D eigenvalue weighted by molar-refractivity contribution is 6.00. The molecule has 0 aliphatic rings. The van der Waals surface area contributed by atoms with Gasteiger partial charge in [0.05, 0.1) is 23.3 Å². The van der Waals surface area contributed by atoms with Gasteiger partial charge in [-0.05, 0) is 26.0 Å². The highest BCUT2D eigenvalue weighted by Gasteiger charge is 2.33. The second-order valence-corrected chi connectivity index (χ2v) is 3.55. The predicted molar refractivity (Wildman–Crippen MR) is 58.0 cm³/mol. The largest absolute Gasteiger partial charge is 0.492 e. The lowest BCUT2D eigenvalue weighted by molar-refractivity contribution is -0.137. The molecule has 18 heavy (non-hydrogen) atoms. The average molecular weight is 260 g/mol. The van der Waals surface area contributed by atoms with Crippen LogP contribution in [0, 0.1) is 0 Å². The summed E-state index contributed by atoms with van der Waals surface area (Å²) in [5.41, 5.74) is -1.57. The number of alkyl halides is 3. The topological polar surface area (TPSA) is 43.4 Å². The molecule has 0 saturated heterocycles. The number of Topliss-reactive ketones (excluding diaryl/α,β-unsaturated/α-hetero) is 1. The summed E-state index contributed by atoms with van der Waals surface area (Å²) >= 11 is 0. The molecule has 0 saturated carbocycles. The van der Waals surface area contributed by atoms with Crippen molar-refractivity contribution in [1.82, 2.24) is 0 Å². The maximum absolute atomic E-state index is 12.6. The molecule has 0 N–H and O–H groups in total. The lowest BCUT2D eigenvalue weighted by Crippen LogP contribution is -2.11. The molecule has 0 fully saturated rings. The van der Waals surface area contributed by atoms with Gasteiger partial charge in [0.25, 0.3) is 0 Å². The molecule has 0 bridgehead atoms. The zero-order valence-electron chi connectivity index (χ0n) is 9.80. The van der Waals surface area contributed by atoms with Crippen LogP contribution in [0.25, 0.3) is 0 Å². The van der Waals surface area contributed by atoms with E-state index in [2.05, 4.69) is 0 Å². The Morgan fingerprint density at radius 2 is 2.00 bits per heavy atom. The molecule has 1 aromatic carbocycles. The molecule has 0 aromatic heterocycles. The molecule has 0 aliphatic carbocycles. The molecular weight excluding hydrogens is 249 g/mol. The van der Waals surface area contributed by atoms with Crippen LogP contribution in [0.1, 0.15) is 40.1 Å². The molecule has 98 valence electrons. The molecule has 0 heterocycles. The van der Waals surface area contributed by atoms with Gasteiger partial charge in [-0.25, -0.2) is 0 Å². The summed E-state index contributed by atoms with van der Waals surface area (Å²) in [6.07, 6.45) is -4.38. The first-order valence-electron chi connectivity index (χ1n) is 5.15. The maximum Gasteiger partial charge on any atom is 0.416 e. The van der Waals surface area contributed by atoms with Gasteiger partial charge in [-0.15, -0.1) is 0 Å². The predicted octanol–water partition coefficient (Wildman–Crippen LogP) is 3.12. The van der Waals surface area contributed by atoms with Gasteiger partial charge < -0.3 is 4.74 Å². The van der Waals surface area contributed by atoms with Crippen LogP contribution < -0.4 is 4.74 Å². The Bertz CT molecular complexity index is 478. The van der Waals surface area contributed by atoms with Gasteiger partial charge in [-0.3, -0.25) is 9.59 Å². The highest BCUT2D eigenvalue weighted by atomic mass is 19.4. The van der Waals surface area contributed by atoms with E-state index in [0.29, 0.717) is 12.1 Å². The molecule has 3 nitrogen and oxygen atoms in total. The lowest BCUT2D eigenvalue weighted by Gasteiger charge is -2.14. The summed E-state index contributed by atoms with van der Waals surface area (Å²) in [4.78, 5) is 22.1. The summed E-state index contributed by atoms with van der Waals surface area (Å²) in [6, 6.07) is 1.37. The number of rotatable bonds is 4. The van der Waals surface area contributed by atoms with Gasteiger partial charge in [-0.2, -0.15) is 13.2 Å². The van der Waals surface area contributed by atoms with E-state index in [1.807, 2.05) is 0 Å². The van der Waals surface area contributed by atoms with Crippen LogP contribution in [0.5, 0.6) is 5.75 Å². The van der Waals surface area contributed by atoms with Crippen molar-refractivity contribution < 1.29 is 27.5 Å². The summed E-state index contributed by atoms with van der Waals surface area (Å²) in [6.45, 7) is 2.87. The molecule has 1 aromatic rings. The van der Waals surface area contributed by atoms with E-state index in [0.717, 1.165) is 6.92 Å². The van der Waals surface area contributed by atoms with Crippen molar-refractivity contribution in [3.8, 4) is 5.75 Å². The zero-order valence-corrected chi connectivity index (χ0v) is 9.80. The smallest absolute Gasteiger partial charge is 0.416 e. The molecule has 6 heteroatoms. The Balaban J connectivity index is 3.53. The second-order valence-electron chi connectivity index (χ2n) is 3.55. The van der Waals surface area contributed by atoms with Crippen LogP contribution in [0.15, 0.2) is 12.1 Å². The van der Waals surface area contributed by atoms with Gasteiger partial charge in [-0.1, -0.05) is 0 Å². The zero-order chi connectivity index (χ0) is 13.9. The number of hydrogen-bond acceptors (Lipinski definition) is 3. The Hall–Kier alpha value is -1.85. The third kappa shape index (κ3) is 2.88. The molecule has 0 radical (unpaired) electrons. The minimum atomic E-state index is -4.62. The summed E-state index contributed by atoms with van der Waals surface area (Å²) in [5, 5.41) is 0. The maximum atomic E-state index is 12.6. The quantitative estimate of drug-likeness (QED) is 0.617. The van der Waals surface area contributed by atoms with Crippen molar-refractivity contribution in [1.29, 1.82) is 0 Å². The van der Waals surface area contributed by atoms with E-state index in [-0.39, 0.29) is 29.8 Å². The molecule has 0 unspecified atom stereocenters. The van der Waals surface area contributed by atoms with Crippen molar-refractivity contribution in [2.45, 2.75) is 20.0 Å². The number of carbonyl (C=O) groups is 2. The van der Waals surface area contributed by atoms with Gasteiger partial charge >= 0.3 is 6.18 Å². The number of benzene rings is 1. The Morgan fingerprint density at radius 3 is 2.39 bits per heavy atom.